The molecule has 0 spiro atoms. The number of pyridine rings is 1. The van der Waals surface area contributed by atoms with Gasteiger partial charge in [-0.2, -0.15) is 0 Å². The molecule has 0 saturated carbocycles. The van der Waals surface area contributed by atoms with Crippen molar-refractivity contribution in [3.05, 3.63) is 88.8 Å². The van der Waals surface area contributed by atoms with E-state index in [1.54, 1.807) is 24.3 Å². The van der Waals surface area contributed by atoms with Gasteiger partial charge >= 0.3 is 0 Å². The maximum absolute atomic E-state index is 14.6. The van der Waals surface area contributed by atoms with Crippen molar-refractivity contribution in [1.82, 2.24) is 4.98 Å². The number of hydrogen-bond donors (Lipinski definition) is 2. The first-order valence-corrected chi connectivity index (χ1v) is 8.82. The van der Waals surface area contributed by atoms with Gasteiger partial charge in [0.1, 0.15) is 5.82 Å². The summed E-state index contributed by atoms with van der Waals surface area (Å²) in [6, 6.07) is 21.1. The lowest BCUT2D eigenvalue weighted by Gasteiger charge is -2.10. The Balaban J connectivity index is 1.87. The van der Waals surface area contributed by atoms with Crippen LogP contribution in [0.3, 0.4) is 0 Å². The number of aromatic nitrogens is 1. The van der Waals surface area contributed by atoms with E-state index in [-0.39, 0.29) is 16.8 Å². The van der Waals surface area contributed by atoms with E-state index < -0.39 is 11.2 Å². The Bertz CT molecular complexity index is 1140. The third kappa shape index (κ3) is 2.97. The minimum atomic E-state index is -0.521. The molecule has 0 radical (unpaired) electrons. The molecule has 0 bridgehead atoms. The smallest absolute Gasteiger partial charge is 0.231 e. The van der Waals surface area contributed by atoms with Crippen molar-refractivity contribution in [2.24, 2.45) is 0 Å². The van der Waals surface area contributed by atoms with Crippen molar-refractivity contribution < 1.29 is 9.50 Å². The van der Waals surface area contributed by atoms with Crippen LogP contribution in [0.15, 0.2) is 87.4 Å². The Morgan fingerprint density at radius 2 is 1.58 bits per heavy atom. The van der Waals surface area contributed by atoms with Crippen LogP contribution in [0, 0.1) is 5.82 Å². The van der Waals surface area contributed by atoms with Gasteiger partial charge in [0, 0.05) is 15.4 Å². The van der Waals surface area contributed by atoms with Gasteiger partial charge in [-0.15, -0.1) is 0 Å². The lowest BCUT2D eigenvalue weighted by molar-refractivity contribution is 0.471. The zero-order chi connectivity index (χ0) is 18.1. The van der Waals surface area contributed by atoms with Crippen LogP contribution in [0.5, 0.6) is 5.75 Å². The first-order chi connectivity index (χ1) is 12.6. The van der Waals surface area contributed by atoms with E-state index in [2.05, 4.69) is 4.98 Å². The number of benzene rings is 3. The Hall–Kier alpha value is -3.05. The third-order valence-electron chi connectivity index (χ3n) is 4.06. The van der Waals surface area contributed by atoms with Gasteiger partial charge in [-0.25, -0.2) is 4.39 Å². The predicted octanol–water partition coefficient (Wildman–Crippen LogP) is 5.19. The SMILES string of the molecule is O=c1c(O)c(-c2ccccc2)[nH]c2cc(F)c(Sc3ccccc3)cc12. The number of hydrogen-bond acceptors (Lipinski definition) is 3. The molecule has 0 aliphatic carbocycles. The second-order valence-corrected chi connectivity index (χ2v) is 6.90. The van der Waals surface area contributed by atoms with E-state index in [0.29, 0.717) is 16.0 Å². The van der Waals surface area contributed by atoms with E-state index in [9.17, 15) is 14.3 Å². The van der Waals surface area contributed by atoms with Crippen molar-refractivity contribution in [2.45, 2.75) is 9.79 Å². The third-order valence-corrected chi connectivity index (χ3v) is 5.10. The van der Waals surface area contributed by atoms with Gasteiger partial charge in [0.25, 0.3) is 0 Å². The zero-order valence-electron chi connectivity index (χ0n) is 13.6. The summed E-state index contributed by atoms with van der Waals surface area (Å²) in [5.41, 5.74) is 0.771. The number of nitrogens with one attached hydrogen (secondary N) is 1. The summed E-state index contributed by atoms with van der Waals surface area (Å²) in [5, 5.41) is 10.6. The predicted molar refractivity (Wildman–Crippen MR) is 102 cm³/mol. The molecule has 0 aliphatic heterocycles. The molecule has 4 aromatic rings. The van der Waals surface area contributed by atoms with E-state index in [1.807, 2.05) is 36.4 Å². The van der Waals surface area contributed by atoms with E-state index in [0.717, 1.165) is 4.90 Å². The average Bonchev–Trinajstić information content (AvgIpc) is 2.67. The number of H-pyrrole nitrogens is 1. The summed E-state index contributed by atoms with van der Waals surface area (Å²) < 4.78 is 14.6. The zero-order valence-corrected chi connectivity index (χ0v) is 14.4. The molecular formula is C21H14FNO2S. The molecule has 0 unspecified atom stereocenters. The van der Waals surface area contributed by atoms with Crippen LogP contribution in [-0.2, 0) is 0 Å². The first-order valence-electron chi connectivity index (χ1n) is 8.00. The lowest BCUT2D eigenvalue weighted by Crippen LogP contribution is -2.06. The molecule has 1 aromatic heterocycles. The fourth-order valence-corrected chi connectivity index (χ4v) is 3.67. The molecule has 26 heavy (non-hydrogen) atoms. The van der Waals surface area contributed by atoms with E-state index >= 15 is 0 Å². The number of fused-ring (bicyclic) bond motifs is 1. The highest BCUT2D eigenvalue weighted by Gasteiger charge is 2.15. The van der Waals surface area contributed by atoms with Crippen molar-refractivity contribution >= 4 is 22.7 Å². The van der Waals surface area contributed by atoms with Crippen molar-refractivity contribution in [3.63, 3.8) is 0 Å². The number of rotatable bonds is 3. The molecule has 128 valence electrons. The summed E-state index contributed by atoms with van der Waals surface area (Å²) in [6.45, 7) is 0. The van der Waals surface area contributed by atoms with Crippen LogP contribution in [0.2, 0.25) is 0 Å². The standard InChI is InChI=1S/C21H14FNO2S/c22-16-12-17-15(11-18(16)26-14-9-5-2-6-10-14)20(24)21(25)19(23-17)13-7-3-1-4-8-13/h1-12,25H,(H,23,24). The summed E-state index contributed by atoms with van der Waals surface area (Å²) in [4.78, 5) is 16.8. The van der Waals surface area contributed by atoms with Gasteiger partial charge in [-0.3, -0.25) is 4.79 Å². The lowest BCUT2D eigenvalue weighted by atomic mass is 10.1. The second-order valence-electron chi connectivity index (χ2n) is 5.79. The molecule has 2 N–H and O–H groups in total. The van der Waals surface area contributed by atoms with E-state index in [1.165, 1.54) is 23.9 Å². The minimum Gasteiger partial charge on any atom is -0.503 e. The average molecular weight is 363 g/mol. The maximum Gasteiger partial charge on any atom is 0.231 e. The molecule has 3 aromatic carbocycles. The van der Waals surface area contributed by atoms with Gasteiger partial charge in [0.2, 0.25) is 5.43 Å². The maximum atomic E-state index is 14.6. The van der Waals surface area contributed by atoms with Crippen LogP contribution in [0.4, 0.5) is 4.39 Å². The van der Waals surface area contributed by atoms with Crippen LogP contribution in [0.1, 0.15) is 0 Å². The normalized spacial score (nSPS) is 11.0. The van der Waals surface area contributed by atoms with Crippen molar-refractivity contribution in [3.8, 4) is 17.0 Å². The fraction of sp³-hybridized carbons (Fsp3) is 0. The van der Waals surface area contributed by atoms with E-state index in [4.69, 9.17) is 0 Å². The number of halogens is 1. The van der Waals surface area contributed by atoms with Gasteiger partial charge in [0.15, 0.2) is 5.75 Å². The molecular weight excluding hydrogens is 349 g/mol. The number of aromatic amines is 1. The van der Waals surface area contributed by atoms with Crippen LogP contribution in [-0.4, -0.2) is 10.1 Å². The Labute approximate surface area is 153 Å². The highest BCUT2D eigenvalue weighted by atomic mass is 32.2. The quantitative estimate of drug-likeness (QED) is 0.527. The fourth-order valence-electron chi connectivity index (χ4n) is 2.79. The van der Waals surface area contributed by atoms with Crippen LogP contribution in [0.25, 0.3) is 22.2 Å². The van der Waals surface area contributed by atoms with Gasteiger partial charge in [-0.1, -0.05) is 60.3 Å². The topological polar surface area (TPSA) is 53.1 Å². The molecule has 0 aliphatic rings. The Morgan fingerprint density at radius 3 is 2.27 bits per heavy atom. The summed E-state index contributed by atoms with van der Waals surface area (Å²) in [5.74, 6) is -0.794. The summed E-state index contributed by atoms with van der Waals surface area (Å²) in [7, 11) is 0. The Kier molecular flexibility index (Phi) is 4.22. The largest absolute Gasteiger partial charge is 0.503 e. The molecule has 1 heterocycles. The Morgan fingerprint density at radius 1 is 0.923 bits per heavy atom. The molecule has 3 nitrogen and oxygen atoms in total. The second kappa shape index (κ2) is 6.69. The molecule has 0 saturated heterocycles. The van der Waals surface area contributed by atoms with Gasteiger partial charge < -0.3 is 10.1 Å². The highest BCUT2D eigenvalue weighted by Crippen LogP contribution is 2.33. The molecule has 0 fully saturated rings. The van der Waals surface area contributed by atoms with Crippen LogP contribution >= 0.6 is 11.8 Å². The minimum absolute atomic E-state index is 0.252. The summed E-state index contributed by atoms with van der Waals surface area (Å²) >= 11 is 1.23. The highest BCUT2D eigenvalue weighted by molar-refractivity contribution is 7.99. The van der Waals surface area contributed by atoms with Gasteiger partial charge in [-0.05, 0) is 24.3 Å². The van der Waals surface area contributed by atoms with Crippen LogP contribution < -0.4 is 5.43 Å². The molecule has 5 heteroatoms. The molecule has 0 atom stereocenters. The number of aromatic hydroxyl groups is 1. The van der Waals surface area contributed by atoms with Gasteiger partial charge in [0.05, 0.1) is 16.6 Å². The molecule has 0 amide bonds. The molecule has 4 rings (SSSR count). The van der Waals surface area contributed by atoms with Crippen molar-refractivity contribution in [1.29, 1.82) is 0 Å². The summed E-state index contributed by atoms with van der Waals surface area (Å²) in [6.07, 6.45) is 0. The van der Waals surface area contributed by atoms with Crippen molar-refractivity contribution in [2.75, 3.05) is 0 Å². The first kappa shape index (κ1) is 16.4. The monoisotopic (exact) mass is 363 g/mol.